The zero-order valence-corrected chi connectivity index (χ0v) is 9.23. The summed E-state index contributed by atoms with van der Waals surface area (Å²) in [7, 11) is -0.704. The maximum atomic E-state index is 11.3. The van der Waals surface area contributed by atoms with E-state index in [0.29, 0.717) is 0 Å². The lowest BCUT2D eigenvalue weighted by Crippen LogP contribution is -2.12. The van der Waals surface area contributed by atoms with Gasteiger partial charge in [-0.1, -0.05) is 60.7 Å². The van der Waals surface area contributed by atoms with Gasteiger partial charge < -0.3 is 0 Å². The Bertz CT molecular complexity index is 360. The third kappa shape index (κ3) is 2.44. The Morgan fingerprint density at radius 1 is 0.733 bits per heavy atom. The first-order chi connectivity index (χ1) is 7.42. The van der Waals surface area contributed by atoms with Gasteiger partial charge in [0.2, 0.25) is 0 Å². The van der Waals surface area contributed by atoms with Gasteiger partial charge in [0.1, 0.15) is 6.35 Å². The highest BCUT2D eigenvalue weighted by Crippen LogP contribution is 2.31. The van der Waals surface area contributed by atoms with Crippen LogP contribution < -0.4 is 10.6 Å². The zero-order chi connectivity index (χ0) is 10.5. The Hall–Kier alpha value is -1.17. The third-order valence-corrected chi connectivity index (χ3v) is 4.37. The first-order valence-corrected chi connectivity index (χ1v) is 6.40. The lowest BCUT2D eigenvalue weighted by molar-refractivity contribution is 0.258. The van der Waals surface area contributed by atoms with E-state index in [-0.39, 0.29) is 6.35 Å². The van der Waals surface area contributed by atoms with Crippen LogP contribution in [0.25, 0.3) is 0 Å². The average molecular weight is 215 g/mol. The van der Waals surface area contributed by atoms with Crippen molar-refractivity contribution in [2.24, 2.45) is 0 Å². The predicted molar refractivity (Wildman–Crippen MR) is 64.6 cm³/mol. The molecule has 0 saturated carbocycles. The minimum absolute atomic E-state index is 0.0383. The van der Waals surface area contributed by atoms with Crippen molar-refractivity contribution in [3.05, 3.63) is 60.7 Å². The molecule has 75 valence electrons. The van der Waals surface area contributed by atoms with Crippen LogP contribution >= 0.6 is 7.92 Å². The summed E-state index contributed by atoms with van der Waals surface area (Å²) >= 11 is 0. The Kier molecular flexibility index (Phi) is 3.49. The monoisotopic (exact) mass is 215 g/mol. The fourth-order valence-electron chi connectivity index (χ4n) is 1.51. The van der Waals surface area contributed by atoms with E-state index < -0.39 is 7.92 Å². The SMILES string of the molecule is [O]CP(c1ccccc1)c1ccccc1. The summed E-state index contributed by atoms with van der Waals surface area (Å²) in [5.74, 6) is 0. The maximum absolute atomic E-state index is 11.3. The Morgan fingerprint density at radius 2 is 1.13 bits per heavy atom. The quantitative estimate of drug-likeness (QED) is 0.701. The van der Waals surface area contributed by atoms with Crippen LogP contribution in [0.15, 0.2) is 60.7 Å². The summed E-state index contributed by atoms with van der Waals surface area (Å²) < 4.78 is 0. The van der Waals surface area contributed by atoms with Crippen molar-refractivity contribution in [1.82, 2.24) is 0 Å². The fraction of sp³-hybridized carbons (Fsp3) is 0.0769. The van der Waals surface area contributed by atoms with Gasteiger partial charge in [0.25, 0.3) is 0 Å². The van der Waals surface area contributed by atoms with Crippen molar-refractivity contribution in [3.8, 4) is 0 Å². The van der Waals surface area contributed by atoms with Gasteiger partial charge >= 0.3 is 0 Å². The number of hydrogen-bond donors (Lipinski definition) is 0. The van der Waals surface area contributed by atoms with Crippen molar-refractivity contribution < 1.29 is 5.11 Å². The van der Waals surface area contributed by atoms with Crippen molar-refractivity contribution in [2.45, 2.75) is 0 Å². The Balaban J connectivity index is 2.34. The zero-order valence-electron chi connectivity index (χ0n) is 8.34. The van der Waals surface area contributed by atoms with Crippen LogP contribution in [0.1, 0.15) is 0 Å². The van der Waals surface area contributed by atoms with E-state index in [4.69, 9.17) is 0 Å². The largest absolute Gasteiger partial charge is 0.231 e. The Labute approximate surface area is 91.1 Å². The molecule has 2 rings (SSSR count). The van der Waals surface area contributed by atoms with E-state index in [1.54, 1.807) is 0 Å². The predicted octanol–water partition coefficient (Wildman–Crippen LogP) is 2.51. The summed E-state index contributed by atoms with van der Waals surface area (Å²) in [6, 6.07) is 20.1. The molecule has 1 radical (unpaired) electrons. The molecule has 2 heteroatoms. The van der Waals surface area contributed by atoms with E-state index in [2.05, 4.69) is 0 Å². The van der Waals surface area contributed by atoms with E-state index in [1.165, 1.54) is 0 Å². The van der Waals surface area contributed by atoms with Crippen LogP contribution in [0.5, 0.6) is 0 Å². The molecule has 1 nitrogen and oxygen atoms in total. The summed E-state index contributed by atoms with van der Waals surface area (Å²) in [4.78, 5) is 0. The Morgan fingerprint density at radius 3 is 1.47 bits per heavy atom. The van der Waals surface area contributed by atoms with Gasteiger partial charge in [-0.3, -0.25) is 0 Å². The highest BCUT2D eigenvalue weighted by Gasteiger charge is 2.11. The topological polar surface area (TPSA) is 19.9 Å². The molecule has 2 aromatic carbocycles. The number of benzene rings is 2. The van der Waals surface area contributed by atoms with Gasteiger partial charge in [-0.2, -0.15) is 0 Å². The van der Waals surface area contributed by atoms with Crippen LogP contribution in [0.2, 0.25) is 0 Å². The number of hydrogen-bond acceptors (Lipinski definition) is 0. The smallest absolute Gasteiger partial charge is 0.110 e. The molecule has 15 heavy (non-hydrogen) atoms. The minimum Gasteiger partial charge on any atom is -0.231 e. The summed E-state index contributed by atoms with van der Waals surface area (Å²) in [6.07, 6.45) is -0.0383. The molecule has 0 bridgehead atoms. The van der Waals surface area contributed by atoms with Gasteiger partial charge in [-0.05, 0) is 18.5 Å². The second kappa shape index (κ2) is 5.06. The average Bonchev–Trinajstić information content (AvgIpc) is 2.33. The van der Waals surface area contributed by atoms with Gasteiger partial charge in [0.05, 0.1) is 0 Å². The van der Waals surface area contributed by atoms with Gasteiger partial charge in [-0.15, -0.1) is 0 Å². The van der Waals surface area contributed by atoms with E-state index in [9.17, 15) is 5.11 Å². The van der Waals surface area contributed by atoms with Gasteiger partial charge in [-0.25, -0.2) is 5.11 Å². The minimum atomic E-state index is -0.704. The third-order valence-electron chi connectivity index (χ3n) is 2.26. The molecule has 0 aliphatic rings. The second-order valence-electron chi connectivity index (χ2n) is 3.23. The van der Waals surface area contributed by atoms with Crippen molar-refractivity contribution in [1.29, 1.82) is 0 Å². The molecule has 0 heterocycles. The van der Waals surface area contributed by atoms with Gasteiger partial charge in [0.15, 0.2) is 0 Å². The molecule has 0 amide bonds. The molecule has 0 atom stereocenters. The highest BCUT2D eigenvalue weighted by molar-refractivity contribution is 7.72. The van der Waals surface area contributed by atoms with Gasteiger partial charge in [0, 0.05) is 0 Å². The molecular weight excluding hydrogens is 203 g/mol. The summed E-state index contributed by atoms with van der Waals surface area (Å²) in [6.45, 7) is 0. The molecule has 2 aromatic rings. The van der Waals surface area contributed by atoms with Crippen LogP contribution in [0.3, 0.4) is 0 Å². The molecular formula is C13H12OP. The maximum Gasteiger partial charge on any atom is 0.110 e. The normalized spacial score (nSPS) is 10.5. The molecule has 0 aliphatic heterocycles. The van der Waals surface area contributed by atoms with E-state index in [0.717, 1.165) is 10.6 Å². The standard InChI is InChI=1S/C13H12OP/c14-11-15(12-7-3-1-4-8-12)13-9-5-2-6-10-13/h1-10H,11H2. The molecule has 0 N–H and O–H groups in total. The van der Waals surface area contributed by atoms with Crippen molar-refractivity contribution in [2.75, 3.05) is 6.35 Å². The van der Waals surface area contributed by atoms with Crippen LogP contribution in [-0.4, -0.2) is 6.35 Å². The lowest BCUT2D eigenvalue weighted by atomic mass is 10.4. The molecule has 0 aliphatic carbocycles. The highest BCUT2D eigenvalue weighted by atomic mass is 31.1. The molecule has 0 unspecified atom stereocenters. The summed E-state index contributed by atoms with van der Waals surface area (Å²) in [5.41, 5.74) is 0. The summed E-state index contributed by atoms with van der Waals surface area (Å²) in [5, 5.41) is 13.6. The van der Waals surface area contributed by atoms with E-state index >= 15 is 0 Å². The molecule has 0 fully saturated rings. The lowest BCUT2D eigenvalue weighted by Gasteiger charge is -2.14. The molecule has 0 saturated heterocycles. The van der Waals surface area contributed by atoms with Crippen LogP contribution in [0, 0.1) is 0 Å². The number of rotatable bonds is 3. The fourth-order valence-corrected chi connectivity index (χ4v) is 3.17. The second-order valence-corrected chi connectivity index (χ2v) is 5.38. The van der Waals surface area contributed by atoms with Crippen LogP contribution in [0.4, 0.5) is 0 Å². The van der Waals surface area contributed by atoms with Crippen molar-refractivity contribution >= 4 is 18.5 Å². The van der Waals surface area contributed by atoms with E-state index in [1.807, 2.05) is 60.7 Å². The first kappa shape index (κ1) is 10.4. The molecule has 0 aromatic heterocycles. The first-order valence-electron chi connectivity index (χ1n) is 4.87. The van der Waals surface area contributed by atoms with Crippen LogP contribution in [-0.2, 0) is 5.11 Å². The van der Waals surface area contributed by atoms with Crippen molar-refractivity contribution in [3.63, 3.8) is 0 Å². The molecule has 0 spiro atoms.